The van der Waals surface area contributed by atoms with Gasteiger partial charge in [0.15, 0.2) is 5.96 Å². The molecule has 2 heterocycles. The molecule has 1 aromatic rings. The van der Waals surface area contributed by atoms with E-state index in [0.29, 0.717) is 6.04 Å². The molecule has 1 saturated carbocycles. The molecule has 4 nitrogen and oxygen atoms in total. The Morgan fingerprint density at radius 3 is 2.91 bits per heavy atom. The fraction of sp³-hybridized carbons (Fsp3) is 0.722. The number of hydrogen-bond donors (Lipinski definition) is 1. The van der Waals surface area contributed by atoms with E-state index in [1.807, 2.05) is 12.1 Å². The minimum absolute atomic E-state index is 0.625. The summed E-state index contributed by atoms with van der Waals surface area (Å²) in [5, 5.41) is 3.73. The number of likely N-dealkylation sites (tertiary alicyclic amines) is 1. The Morgan fingerprint density at radius 1 is 1.32 bits per heavy atom. The highest BCUT2D eigenvalue weighted by Crippen LogP contribution is 2.20. The van der Waals surface area contributed by atoms with Crippen molar-refractivity contribution in [1.29, 1.82) is 0 Å². The van der Waals surface area contributed by atoms with Gasteiger partial charge < -0.3 is 14.6 Å². The van der Waals surface area contributed by atoms with Crippen molar-refractivity contribution in [3.05, 3.63) is 24.2 Å². The third-order valence-corrected chi connectivity index (χ3v) is 4.84. The van der Waals surface area contributed by atoms with Gasteiger partial charge in [-0.1, -0.05) is 19.8 Å². The number of furan rings is 1. The zero-order chi connectivity index (χ0) is 15.2. The van der Waals surface area contributed by atoms with E-state index in [1.54, 1.807) is 6.26 Å². The largest absolute Gasteiger partial charge is 0.469 e. The molecule has 0 radical (unpaired) electrons. The van der Waals surface area contributed by atoms with Crippen molar-refractivity contribution in [2.75, 3.05) is 19.6 Å². The summed E-state index contributed by atoms with van der Waals surface area (Å²) >= 11 is 0. The predicted molar refractivity (Wildman–Crippen MR) is 90.1 cm³/mol. The second kappa shape index (κ2) is 7.70. The third-order valence-electron chi connectivity index (χ3n) is 4.84. The van der Waals surface area contributed by atoms with Gasteiger partial charge in [-0.25, -0.2) is 0 Å². The van der Waals surface area contributed by atoms with Gasteiger partial charge in [-0.05, 0) is 43.7 Å². The summed E-state index contributed by atoms with van der Waals surface area (Å²) in [5.74, 6) is 2.93. The number of nitrogens with zero attached hydrogens (tertiary/aromatic N) is 2. The van der Waals surface area contributed by atoms with E-state index in [0.717, 1.165) is 43.7 Å². The van der Waals surface area contributed by atoms with E-state index in [1.165, 1.54) is 38.5 Å². The van der Waals surface area contributed by atoms with Crippen LogP contribution in [0.15, 0.2) is 27.8 Å². The molecular formula is C18H29N3O. The van der Waals surface area contributed by atoms with E-state index in [9.17, 15) is 0 Å². The lowest BCUT2D eigenvalue weighted by Gasteiger charge is -2.34. The Bertz CT molecular complexity index is 463. The van der Waals surface area contributed by atoms with Crippen molar-refractivity contribution in [3.63, 3.8) is 0 Å². The van der Waals surface area contributed by atoms with Crippen molar-refractivity contribution < 1.29 is 4.42 Å². The van der Waals surface area contributed by atoms with Gasteiger partial charge in [0.05, 0.1) is 6.26 Å². The molecule has 1 atom stereocenters. The van der Waals surface area contributed by atoms with Crippen LogP contribution >= 0.6 is 0 Å². The molecule has 1 aliphatic carbocycles. The fourth-order valence-corrected chi connectivity index (χ4v) is 3.60. The van der Waals surface area contributed by atoms with E-state index >= 15 is 0 Å². The first kappa shape index (κ1) is 15.4. The van der Waals surface area contributed by atoms with E-state index in [4.69, 9.17) is 9.41 Å². The monoisotopic (exact) mass is 303 g/mol. The van der Waals surface area contributed by atoms with Crippen LogP contribution in [0.2, 0.25) is 0 Å². The Hall–Kier alpha value is -1.45. The quantitative estimate of drug-likeness (QED) is 0.684. The number of nitrogens with one attached hydrogen (secondary N) is 1. The molecule has 0 spiro atoms. The molecule has 1 N–H and O–H groups in total. The van der Waals surface area contributed by atoms with Crippen molar-refractivity contribution >= 4 is 5.96 Å². The number of hydrogen-bond acceptors (Lipinski definition) is 2. The van der Waals surface area contributed by atoms with Gasteiger partial charge in [0.1, 0.15) is 5.76 Å². The van der Waals surface area contributed by atoms with Gasteiger partial charge >= 0.3 is 0 Å². The second-order valence-corrected chi connectivity index (χ2v) is 6.85. The topological polar surface area (TPSA) is 40.8 Å². The highest BCUT2D eigenvalue weighted by atomic mass is 16.3. The van der Waals surface area contributed by atoms with Crippen LogP contribution in [0.3, 0.4) is 0 Å². The molecule has 4 heteroatoms. The zero-order valence-electron chi connectivity index (χ0n) is 13.8. The molecule has 1 aliphatic heterocycles. The molecule has 0 aromatic carbocycles. The molecule has 3 rings (SSSR count). The zero-order valence-corrected chi connectivity index (χ0v) is 13.8. The minimum atomic E-state index is 0.625. The number of piperidine rings is 1. The number of rotatable bonds is 4. The number of aliphatic imine (C=N–C) groups is 1. The normalized spacial score (nSPS) is 24.0. The van der Waals surface area contributed by atoms with E-state index in [2.05, 4.69) is 17.1 Å². The summed E-state index contributed by atoms with van der Waals surface area (Å²) in [7, 11) is 0. The van der Waals surface area contributed by atoms with Crippen LogP contribution in [-0.4, -0.2) is 36.5 Å². The Kier molecular flexibility index (Phi) is 5.41. The van der Waals surface area contributed by atoms with Crippen LogP contribution in [-0.2, 0) is 6.42 Å². The molecule has 1 saturated heterocycles. The summed E-state index contributed by atoms with van der Waals surface area (Å²) in [5.41, 5.74) is 0. The maximum absolute atomic E-state index is 5.41. The molecule has 0 bridgehead atoms. The van der Waals surface area contributed by atoms with Gasteiger partial charge in [0.2, 0.25) is 0 Å². The predicted octanol–water partition coefficient (Wildman–Crippen LogP) is 3.44. The summed E-state index contributed by atoms with van der Waals surface area (Å²) in [4.78, 5) is 7.36. The van der Waals surface area contributed by atoms with Crippen LogP contribution in [0.1, 0.15) is 51.2 Å². The first-order valence-corrected chi connectivity index (χ1v) is 8.89. The van der Waals surface area contributed by atoms with Crippen molar-refractivity contribution in [2.45, 2.75) is 57.9 Å². The maximum atomic E-state index is 5.41. The molecule has 22 heavy (non-hydrogen) atoms. The summed E-state index contributed by atoms with van der Waals surface area (Å²) in [6, 6.07) is 4.60. The molecule has 1 aromatic heterocycles. The Morgan fingerprint density at radius 2 is 2.18 bits per heavy atom. The number of guanidine groups is 1. The Balaban J connectivity index is 1.61. The van der Waals surface area contributed by atoms with E-state index in [-0.39, 0.29) is 0 Å². The van der Waals surface area contributed by atoms with Gasteiger partial charge in [-0.2, -0.15) is 0 Å². The van der Waals surface area contributed by atoms with Gasteiger partial charge in [0.25, 0.3) is 0 Å². The van der Waals surface area contributed by atoms with Crippen LogP contribution in [0, 0.1) is 5.92 Å². The van der Waals surface area contributed by atoms with Crippen LogP contribution in [0.25, 0.3) is 0 Å². The summed E-state index contributed by atoms with van der Waals surface area (Å²) in [6.07, 6.45) is 10.5. The van der Waals surface area contributed by atoms with Gasteiger partial charge in [-0.3, -0.25) is 4.99 Å². The van der Waals surface area contributed by atoms with Crippen molar-refractivity contribution in [2.24, 2.45) is 10.9 Å². The average molecular weight is 303 g/mol. The first-order chi connectivity index (χ1) is 10.8. The van der Waals surface area contributed by atoms with Crippen LogP contribution in [0.5, 0.6) is 0 Å². The lowest BCUT2D eigenvalue weighted by atomic mass is 10.0. The van der Waals surface area contributed by atoms with Gasteiger partial charge in [0, 0.05) is 32.1 Å². The Labute approximate surface area is 134 Å². The van der Waals surface area contributed by atoms with Crippen molar-refractivity contribution in [3.8, 4) is 0 Å². The molecular weight excluding hydrogens is 274 g/mol. The molecule has 0 amide bonds. The average Bonchev–Trinajstić information content (AvgIpc) is 3.19. The summed E-state index contributed by atoms with van der Waals surface area (Å²) in [6.45, 7) is 5.43. The fourth-order valence-electron chi connectivity index (χ4n) is 3.60. The third kappa shape index (κ3) is 4.28. The molecule has 2 fully saturated rings. The lowest BCUT2D eigenvalue weighted by Crippen LogP contribution is -2.49. The second-order valence-electron chi connectivity index (χ2n) is 6.85. The van der Waals surface area contributed by atoms with Crippen molar-refractivity contribution in [1.82, 2.24) is 10.2 Å². The smallest absolute Gasteiger partial charge is 0.194 e. The minimum Gasteiger partial charge on any atom is -0.469 e. The molecule has 2 aliphatic rings. The molecule has 1 unspecified atom stereocenters. The SMILES string of the molecule is CC1CCCN(C(=NCCc2ccco2)NC2CCCC2)C1. The standard InChI is InChI=1S/C18H29N3O/c1-15-6-4-12-21(14-15)18(20-16-7-2-3-8-16)19-11-10-17-9-5-13-22-17/h5,9,13,15-16H,2-4,6-8,10-12,14H2,1H3,(H,19,20). The highest BCUT2D eigenvalue weighted by molar-refractivity contribution is 5.80. The van der Waals surface area contributed by atoms with Crippen LogP contribution in [0.4, 0.5) is 0 Å². The van der Waals surface area contributed by atoms with E-state index < -0.39 is 0 Å². The lowest BCUT2D eigenvalue weighted by molar-refractivity contribution is 0.263. The maximum Gasteiger partial charge on any atom is 0.194 e. The summed E-state index contributed by atoms with van der Waals surface area (Å²) < 4.78 is 5.41. The first-order valence-electron chi connectivity index (χ1n) is 8.89. The van der Waals surface area contributed by atoms with Gasteiger partial charge in [-0.15, -0.1) is 0 Å². The highest BCUT2D eigenvalue weighted by Gasteiger charge is 2.23. The van der Waals surface area contributed by atoms with Crippen LogP contribution < -0.4 is 5.32 Å². The molecule has 122 valence electrons.